The molecule has 98 valence electrons. The first-order chi connectivity index (χ1) is 9.75. The summed E-state index contributed by atoms with van der Waals surface area (Å²) in [4.78, 5) is 25.1. The lowest BCUT2D eigenvalue weighted by Crippen LogP contribution is -2.39. The van der Waals surface area contributed by atoms with Gasteiger partial charge in [0.05, 0.1) is 23.9 Å². The molecule has 0 N–H and O–H groups in total. The van der Waals surface area contributed by atoms with Crippen LogP contribution in [0.1, 0.15) is 0 Å². The lowest BCUT2D eigenvalue weighted by Gasteiger charge is -2.17. The molecule has 1 aromatic heterocycles. The third-order valence-corrected chi connectivity index (χ3v) is 3.83. The van der Waals surface area contributed by atoms with Crippen LogP contribution < -0.4 is 11.1 Å². The zero-order valence-electron chi connectivity index (χ0n) is 10.7. The van der Waals surface area contributed by atoms with Crippen LogP contribution in [0.3, 0.4) is 0 Å². The van der Waals surface area contributed by atoms with E-state index in [0.717, 1.165) is 10.8 Å². The molecule has 0 saturated heterocycles. The fourth-order valence-corrected chi connectivity index (χ4v) is 2.80. The third-order valence-electron chi connectivity index (χ3n) is 3.83. The number of benzene rings is 2. The molecule has 4 nitrogen and oxygen atoms in total. The number of aromatic nitrogens is 2. The summed E-state index contributed by atoms with van der Waals surface area (Å²) in [7, 11) is 0. The first kappa shape index (κ1) is 11.2. The average molecular weight is 264 g/mol. The number of nitrogens with zero attached hydrogens (tertiary/aromatic N) is 2. The molecule has 1 aliphatic heterocycles. The van der Waals surface area contributed by atoms with E-state index in [2.05, 4.69) is 0 Å². The van der Waals surface area contributed by atoms with Gasteiger partial charge in [0.2, 0.25) is 0 Å². The molecule has 0 bridgehead atoms. The second-order valence-electron chi connectivity index (χ2n) is 4.99. The zero-order chi connectivity index (χ0) is 13.7. The van der Waals surface area contributed by atoms with Crippen molar-refractivity contribution in [1.29, 1.82) is 0 Å². The van der Waals surface area contributed by atoms with Gasteiger partial charge in [-0.25, -0.2) is 9.36 Å². The maximum atomic E-state index is 12.5. The summed E-state index contributed by atoms with van der Waals surface area (Å²) in [5, 5.41) is 2.96. The van der Waals surface area contributed by atoms with E-state index >= 15 is 0 Å². The minimum Gasteiger partial charge on any atom is -0.267 e. The second-order valence-corrected chi connectivity index (χ2v) is 4.99. The highest BCUT2D eigenvalue weighted by atomic mass is 16.2. The Morgan fingerprint density at radius 1 is 0.750 bits per heavy atom. The van der Waals surface area contributed by atoms with Crippen LogP contribution in [0, 0.1) is 0 Å². The molecule has 0 fully saturated rings. The maximum absolute atomic E-state index is 12.5. The summed E-state index contributed by atoms with van der Waals surface area (Å²) in [6.07, 6.45) is 3.82. The lowest BCUT2D eigenvalue weighted by molar-refractivity contribution is 0.464. The molecule has 0 unspecified atom stereocenters. The highest BCUT2D eigenvalue weighted by Gasteiger charge is 2.14. The van der Waals surface area contributed by atoms with Gasteiger partial charge in [0.1, 0.15) is 0 Å². The molecule has 4 heteroatoms. The second kappa shape index (κ2) is 3.93. The molecule has 3 aromatic rings. The molecule has 20 heavy (non-hydrogen) atoms. The van der Waals surface area contributed by atoms with Gasteiger partial charge < -0.3 is 0 Å². The van der Waals surface area contributed by atoms with E-state index in [4.69, 9.17) is 0 Å². The Labute approximate surface area is 114 Å². The van der Waals surface area contributed by atoms with Gasteiger partial charge in [0, 0.05) is 0 Å². The van der Waals surface area contributed by atoms with Crippen LogP contribution in [0.25, 0.3) is 21.5 Å². The van der Waals surface area contributed by atoms with Crippen LogP contribution in [0.2, 0.25) is 0 Å². The van der Waals surface area contributed by atoms with E-state index in [9.17, 15) is 9.59 Å². The quantitative estimate of drug-likeness (QED) is 0.459. The molecule has 1 aliphatic rings. The van der Waals surface area contributed by atoms with Crippen molar-refractivity contribution >= 4 is 21.5 Å². The number of hydrogen-bond donors (Lipinski definition) is 0. The highest BCUT2D eigenvalue weighted by Crippen LogP contribution is 2.18. The van der Waals surface area contributed by atoms with Crippen LogP contribution in [0.4, 0.5) is 0 Å². The van der Waals surface area contributed by atoms with Gasteiger partial charge in [-0.1, -0.05) is 36.4 Å². The van der Waals surface area contributed by atoms with Crippen LogP contribution in [-0.2, 0) is 13.1 Å². The normalized spacial score (nSPS) is 13.8. The largest absolute Gasteiger partial charge is 0.273 e. The Morgan fingerprint density at radius 3 is 1.65 bits per heavy atom. The summed E-state index contributed by atoms with van der Waals surface area (Å²) in [6.45, 7) is 0.910. The summed E-state index contributed by atoms with van der Waals surface area (Å²) in [5.74, 6) is 0. The first-order valence-corrected chi connectivity index (χ1v) is 6.57. The standard InChI is InChI=1S/C16H12N2O2/c19-15-13-9-11-5-1-2-6-12(11)10-14(13)16(20)18-8-4-3-7-17(15)18/h1-6,9-10H,7-8H2. The van der Waals surface area contributed by atoms with Crippen molar-refractivity contribution in [3.63, 3.8) is 0 Å². The number of allylic oxidation sites excluding steroid dienone is 2. The van der Waals surface area contributed by atoms with Crippen molar-refractivity contribution in [2.45, 2.75) is 13.1 Å². The smallest absolute Gasteiger partial charge is 0.267 e. The fourth-order valence-electron chi connectivity index (χ4n) is 2.80. The Balaban J connectivity index is 2.25. The van der Waals surface area contributed by atoms with E-state index < -0.39 is 0 Å². The molecule has 2 heterocycles. The molecule has 0 spiro atoms. The van der Waals surface area contributed by atoms with Gasteiger partial charge in [0.25, 0.3) is 11.1 Å². The Morgan fingerprint density at radius 2 is 1.20 bits per heavy atom. The van der Waals surface area contributed by atoms with Gasteiger partial charge in [0.15, 0.2) is 0 Å². The monoisotopic (exact) mass is 264 g/mol. The van der Waals surface area contributed by atoms with Gasteiger partial charge in [-0.3, -0.25) is 9.59 Å². The molecule has 0 saturated carbocycles. The fraction of sp³-hybridized carbons (Fsp3) is 0.125. The Bertz CT molecular complexity index is 913. The van der Waals surface area contributed by atoms with Crippen LogP contribution in [0.5, 0.6) is 0 Å². The van der Waals surface area contributed by atoms with Crippen molar-refractivity contribution in [1.82, 2.24) is 9.36 Å². The van der Waals surface area contributed by atoms with E-state index in [-0.39, 0.29) is 11.1 Å². The lowest BCUT2D eigenvalue weighted by atomic mass is 10.1. The minimum absolute atomic E-state index is 0.102. The first-order valence-electron chi connectivity index (χ1n) is 6.57. The molecule has 0 atom stereocenters. The number of rotatable bonds is 0. The van der Waals surface area contributed by atoms with E-state index in [1.165, 1.54) is 9.36 Å². The summed E-state index contributed by atoms with van der Waals surface area (Å²) < 4.78 is 3.03. The average Bonchev–Trinajstić information content (AvgIpc) is 2.51. The van der Waals surface area contributed by atoms with Crippen LogP contribution >= 0.6 is 0 Å². The predicted octanol–water partition coefficient (Wildman–Crippen LogP) is 1.89. The van der Waals surface area contributed by atoms with Gasteiger partial charge in [-0.05, 0) is 22.9 Å². The molecular formula is C16H12N2O2. The van der Waals surface area contributed by atoms with Gasteiger partial charge in [-0.2, -0.15) is 0 Å². The Hall–Kier alpha value is -2.62. The van der Waals surface area contributed by atoms with Gasteiger partial charge in [-0.15, -0.1) is 0 Å². The van der Waals surface area contributed by atoms with Crippen molar-refractivity contribution in [2.24, 2.45) is 0 Å². The van der Waals surface area contributed by atoms with Crippen LogP contribution in [-0.4, -0.2) is 9.36 Å². The van der Waals surface area contributed by atoms with E-state index in [1.807, 2.05) is 48.6 Å². The SMILES string of the molecule is O=c1c2cc3ccccc3cc2c(=O)n2n1CC=CC2. The Kier molecular flexibility index (Phi) is 2.21. The molecule has 4 rings (SSSR count). The summed E-state index contributed by atoms with van der Waals surface area (Å²) >= 11 is 0. The number of hydrogen-bond acceptors (Lipinski definition) is 2. The predicted molar refractivity (Wildman–Crippen MR) is 79.1 cm³/mol. The van der Waals surface area contributed by atoms with Crippen molar-refractivity contribution in [3.05, 3.63) is 69.3 Å². The van der Waals surface area contributed by atoms with Crippen molar-refractivity contribution in [2.75, 3.05) is 0 Å². The molecule has 2 aromatic carbocycles. The van der Waals surface area contributed by atoms with Gasteiger partial charge >= 0.3 is 0 Å². The maximum Gasteiger partial charge on any atom is 0.273 e. The third kappa shape index (κ3) is 1.42. The summed E-state index contributed by atoms with van der Waals surface area (Å²) in [6, 6.07) is 11.4. The van der Waals surface area contributed by atoms with E-state index in [0.29, 0.717) is 23.9 Å². The molecule has 0 aliphatic carbocycles. The minimum atomic E-state index is -0.102. The van der Waals surface area contributed by atoms with E-state index in [1.54, 1.807) is 0 Å². The summed E-state index contributed by atoms with van der Waals surface area (Å²) in [5.41, 5.74) is -0.204. The topological polar surface area (TPSA) is 44.0 Å². The molecule has 0 radical (unpaired) electrons. The highest BCUT2D eigenvalue weighted by molar-refractivity contribution is 5.97. The van der Waals surface area contributed by atoms with Crippen LogP contribution in [0.15, 0.2) is 58.1 Å². The zero-order valence-corrected chi connectivity index (χ0v) is 10.7. The number of fused-ring (bicyclic) bond motifs is 3. The van der Waals surface area contributed by atoms with Crippen molar-refractivity contribution < 1.29 is 0 Å². The molecule has 0 amide bonds. The van der Waals surface area contributed by atoms with Crippen molar-refractivity contribution in [3.8, 4) is 0 Å². The molecular weight excluding hydrogens is 252 g/mol.